The predicted molar refractivity (Wildman–Crippen MR) is 56.7 cm³/mol. The van der Waals surface area contributed by atoms with Crippen LogP contribution in [-0.4, -0.2) is 13.1 Å². The van der Waals surface area contributed by atoms with Gasteiger partial charge in [0.15, 0.2) is 0 Å². The Kier molecular flexibility index (Phi) is 2.92. The van der Waals surface area contributed by atoms with Gasteiger partial charge in [-0.25, -0.2) is 0 Å². The Labute approximate surface area is 82.3 Å². The minimum Gasteiger partial charge on any atom is -0.316 e. The SMILES string of the molecule is CNC(C1CCCC1)C(C)C1CC1. The maximum Gasteiger partial charge on any atom is 0.0121 e. The summed E-state index contributed by atoms with van der Waals surface area (Å²) in [4.78, 5) is 0. The van der Waals surface area contributed by atoms with Crippen molar-refractivity contribution in [1.29, 1.82) is 0 Å². The van der Waals surface area contributed by atoms with Gasteiger partial charge in [0, 0.05) is 6.04 Å². The highest BCUT2D eigenvalue weighted by Gasteiger charge is 2.36. The molecule has 2 aliphatic carbocycles. The van der Waals surface area contributed by atoms with Crippen molar-refractivity contribution in [2.24, 2.45) is 17.8 Å². The van der Waals surface area contributed by atoms with Crippen LogP contribution in [0.25, 0.3) is 0 Å². The Bertz CT molecular complexity index is 155. The van der Waals surface area contributed by atoms with E-state index in [1.165, 1.54) is 38.5 Å². The van der Waals surface area contributed by atoms with E-state index < -0.39 is 0 Å². The van der Waals surface area contributed by atoms with Crippen LogP contribution in [0.1, 0.15) is 45.4 Å². The first-order valence-electron chi connectivity index (χ1n) is 6.00. The molecule has 0 amide bonds. The molecule has 0 aromatic heterocycles. The predicted octanol–water partition coefficient (Wildman–Crippen LogP) is 2.81. The molecule has 0 radical (unpaired) electrons. The normalized spacial score (nSPS) is 29.1. The number of hydrogen-bond acceptors (Lipinski definition) is 1. The van der Waals surface area contributed by atoms with Crippen LogP contribution in [0.2, 0.25) is 0 Å². The molecule has 0 saturated heterocycles. The summed E-state index contributed by atoms with van der Waals surface area (Å²) in [5, 5.41) is 3.57. The average Bonchev–Trinajstić information content (AvgIpc) is 2.86. The molecule has 1 nitrogen and oxygen atoms in total. The highest BCUT2D eigenvalue weighted by molar-refractivity contribution is 4.90. The monoisotopic (exact) mass is 181 g/mol. The zero-order valence-corrected chi connectivity index (χ0v) is 9.05. The second-order valence-corrected chi connectivity index (χ2v) is 5.06. The topological polar surface area (TPSA) is 12.0 Å². The quantitative estimate of drug-likeness (QED) is 0.703. The van der Waals surface area contributed by atoms with Crippen molar-refractivity contribution in [1.82, 2.24) is 5.32 Å². The van der Waals surface area contributed by atoms with Crippen molar-refractivity contribution in [2.75, 3.05) is 7.05 Å². The molecule has 2 saturated carbocycles. The van der Waals surface area contributed by atoms with Crippen LogP contribution in [0.5, 0.6) is 0 Å². The van der Waals surface area contributed by atoms with Crippen molar-refractivity contribution in [3.8, 4) is 0 Å². The molecule has 0 aromatic rings. The largest absolute Gasteiger partial charge is 0.316 e. The van der Waals surface area contributed by atoms with Gasteiger partial charge in [0.2, 0.25) is 0 Å². The van der Waals surface area contributed by atoms with Crippen LogP contribution >= 0.6 is 0 Å². The molecular formula is C12H23N. The van der Waals surface area contributed by atoms with Crippen LogP contribution in [0.4, 0.5) is 0 Å². The van der Waals surface area contributed by atoms with Crippen molar-refractivity contribution < 1.29 is 0 Å². The molecule has 76 valence electrons. The fourth-order valence-electron chi connectivity index (χ4n) is 3.16. The Morgan fingerprint density at radius 2 is 1.62 bits per heavy atom. The zero-order chi connectivity index (χ0) is 9.26. The second-order valence-electron chi connectivity index (χ2n) is 5.06. The number of nitrogens with one attached hydrogen (secondary N) is 1. The van der Waals surface area contributed by atoms with Crippen LogP contribution < -0.4 is 5.32 Å². The molecule has 2 rings (SSSR count). The molecule has 2 fully saturated rings. The summed E-state index contributed by atoms with van der Waals surface area (Å²) < 4.78 is 0. The summed E-state index contributed by atoms with van der Waals surface area (Å²) in [7, 11) is 2.15. The minimum atomic E-state index is 0.815. The maximum atomic E-state index is 3.57. The molecule has 2 unspecified atom stereocenters. The van der Waals surface area contributed by atoms with E-state index in [1.54, 1.807) is 0 Å². The summed E-state index contributed by atoms with van der Waals surface area (Å²) in [6.07, 6.45) is 8.88. The highest BCUT2D eigenvalue weighted by Crippen LogP contribution is 2.42. The van der Waals surface area contributed by atoms with E-state index in [0.29, 0.717) is 0 Å². The summed E-state index contributed by atoms with van der Waals surface area (Å²) in [5.41, 5.74) is 0. The van der Waals surface area contributed by atoms with E-state index in [0.717, 1.165) is 23.8 Å². The van der Waals surface area contributed by atoms with E-state index in [9.17, 15) is 0 Å². The molecule has 1 N–H and O–H groups in total. The Morgan fingerprint density at radius 3 is 2.08 bits per heavy atom. The van der Waals surface area contributed by atoms with Gasteiger partial charge in [-0.05, 0) is 50.5 Å². The molecule has 0 aliphatic heterocycles. The lowest BCUT2D eigenvalue weighted by Gasteiger charge is -2.29. The van der Waals surface area contributed by atoms with Gasteiger partial charge in [0.05, 0.1) is 0 Å². The van der Waals surface area contributed by atoms with E-state index in [1.807, 2.05) is 0 Å². The van der Waals surface area contributed by atoms with E-state index >= 15 is 0 Å². The van der Waals surface area contributed by atoms with Gasteiger partial charge in [-0.15, -0.1) is 0 Å². The molecule has 0 heterocycles. The second kappa shape index (κ2) is 4.00. The fourth-order valence-corrected chi connectivity index (χ4v) is 3.16. The third kappa shape index (κ3) is 2.07. The van der Waals surface area contributed by atoms with Crippen LogP contribution in [0, 0.1) is 17.8 Å². The summed E-state index contributed by atoms with van der Waals surface area (Å²) >= 11 is 0. The number of rotatable bonds is 4. The Balaban J connectivity index is 1.90. The van der Waals surface area contributed by atoms with Crippen LogP contribution in [0.3, 0.4) is 0 Å². The van der Waals surface area contributed by atoms with Crippen molar-refractivity contribution in [3.63, 3.8) is 0 Å². The first-order chi connectivity index (χ1) is 6.33. The van der Waals surface area contributed by atoms with Gasteiger partial charge < -0.3 is 5.32 Å². The molecule has 0 aromatic carbocycles. The standard InChI is InChI=1S/C12H23N/c1-9(10-7-8-10)12(13-2)11-5-3-4-6-11/h9-13H,3-8H2,1-2H3. The smallest absolute Gasteiger partial charge is 0.0121 e. The lowest BCUT2D eigenvalue weighted by molar-refractivity contribution is 0.264. The minimum absolute atomic E-state index is 0.815. The zero-order valence-electron chi connectivity index (χ0n) is 9.05. The van der Waals surface area contributed by atoms with E-state index in [4.69, 9.17) is 0 Å². The van der Waals surface area contributed by atoms with Gasteiger partial charge in [0.25, 0.3) is 0 Å². The average molecular weight is 181 g/mol. The van der Waals surface area contributed by atoms with Crippen molar-refractivity contribution in [2.45, 2.75) is 51.5 Å². The number of hydrogen-bond donors (Lipinski definition) is 1. The van der Waals surface area contributed by atoms with Gasteiger partial charge in [-0.1, -0.05) is 19.8 Å². The molecule has 2 atom stereocenters. The van der Waals surface area contributed by atoms with E-state index in [-0.39, 0.29) is 0 Å². The lowest BCUT2D eigenvalue weighted by atomic mass is 9.85. The van der Waals surface area contributed by atoms with Gasteiger partial charge >= 0.3 is 0 Å². The van der Waals surface area contributed by atoms with Gasteiger partial charge in [-0.2, -0.15) is 0 Å². The summed E-state index contributed by atoms with van der Waals surface area (Å²) in [5.74, 6) is 2.96. The third-order valence-electron chi connectivity index (χ3n) is 4.17. The molecule has 13 heavy (non-hydrogen) atoms. The van der Waals surface area contributed by atoms with Gasteiger partial charge in [-0.3, -0.25) is 0 Å². The third-order valence-corrected chi connectivity index (χ3v) is 4.17. The molecule has 0 spiro atoms. The highest BCUT2D eigenvalue weighted by atomic mass is 14.9. The summed E-state index contributed by atoms with van der Waals surface area (Å²) in [6, 6.07) is 0.815. The summed E-state index contributed by atoms with van der Waals surface area (Å²) in [6.45, 7) is 2.46. The molecule has 1 heteroatoms. The van der Waals surface area contributed by atoms with Crippen molar-refractivity contribution in [3.05, 3.63) is 0 Å². The van der Waals surface area contributed by atoms with Crippen molar-refractivity contribution >= 4 is 0 Å². The molecular weight excluding hydrogens is 158 g/mol. The lowest BCUT2D eigenvalue weighted by Crippen LogP contribution is -2.39. The van der Waals surface area contributed by atoms with Crippen LogP contribution in [-0.2, 0) is 0 Å². The Hall–Kier alpha value is -0.0400. The van der Waals surface area contributed by atoms with Crippen LogP contribution in [0.15, 0.2) is 0 Å². The Morgan fingerprint density at radius 1 is 1.00 bits per heavy atom. The first kappa shape index (κ1) is 9.51. The fraction of sp³-hybridized carbons (Fsp3) is 1.00. The molecule has 2 aliphatic rings. The van der Waals surface area contributed by atoms with E-state index in [2.05, 4.69) is 19.3 Å². The first-order valence-corrected chi connectivity index (χ1v) is 6.00. The molecule has 0 bridgehead atoms. The van der Waals surface area contributed by atoms with Gasteiger partial charge in [0.1, 0.15) is 0 Å². The maximum absolute atomic E-state index is 3.57.